The number of hydrazine groups is 1. The molecule has 0 spiro atoms. The van der Waals surface area contributed by atoms with Gasteiger partial charge in [0.05, 0.1) is 6.42 Å². The van der Waals surface area contributed by atoms with Crippen molar-refractivity contribution in [2.24, 2.45) is 5.84 Å². The lowest BCUT2D eigenvalue weighted by Gasteiger charge is -2.04. The molecule has 0 heterocycles. The van der Waals surface area contributed by atoms with E-state index in [1.807, 2.05) is 5.43 Å². The van der Waals surface area contributed by atoms with Crippen LogP contribution in [0.3, 0.4) is 0 Å². The molecule has 0 saturated heterocycles. The lowest BCUT2D eigenvalue weighted by atomic mass is 10.1. The average molecular weight is 219 g/mol. The van der Waals surface area contributed by atoms with Crippen molar-refractivity contribution in [1.82, 2.24) is 5.43 Å². The quantitative estimate of drug-likeness (QED) is 0.450. The normalized spacial score (nSPS) is 9.77. The van der Waals surface area contributed by atoms with E-state index < -0.39 is 0 Å². The second-order valence-corrected chi connectivity index (χ2v) is 3.26. The number of hydrogen-bond acceptors (Lipinski definition) is 2. The summed E-state index contributed by atoms with van der Waals surface area (Å²) in [6.07, 6.45) is 0.0923. The van der Waals surface area contributed by atoms with Gasteiger partial charge < -0.3 is 0 Å². The molecule has 0 radical (unpaired) electrons. The topological polar surface area (TPSA) is 55.1 Å². The Bertz CT molecular complexity index is 308. The van der Waals surface area contributed by atoms with Gasteiger partial charge in [-0.05, 0) is 17.7 Å². The first-order valence-corrected chi connectivity index (χ1v) is 4.33. The highest BCUT2D eigenvalue weighted by atomic mass is 35.5. The Morgan fingerprint density at radius 3 is 2.38 bits per heavy atom. The molecule has 1 amide bonds. The smallest absolute Gasteiger partial charge is 0.238 e. The van der Waals surface area contributed by atoms with E-state index >= 15 is 0 Å². The van der Waals surface area contributed by atoms with E-state index in [1.165, 1.54) is 0 Å². The SMILES string of the molecule is NNC(=O)Cc1c(Cl)cccc1Cl. The van der Waals surface area contributed by atoms with Crippen LogP contribution in [0.15, 0.2) is 18.2 Å². The Labute approximate surface area is 85.8 Å². The third kappa shape index (κ3) is 2.59. The lowest BCUT2D eigenvalue weighted by Crippen LogP contribution is -2.31. The van der Waals surface area contributed by atoms with Crippen LogP contribution >= 0.6 is 23.2 Å². The van der Waals surface area contributed by atoms with Crippen LogP contribution < -0.4 is 11.3 Å². The molecule has 0 aromatic heterocycles. The molecule has 1 aromatic carbocycles. The van der Waals surface area contributed by atoms with Crippen LogP contribution in [-0.2, 0) is 11.2 Å². The van der Waals surface area contributed by atoms with Crippen molar-refractivity contribution in [2.45, 2.75) is 6.42 Å². The number of nitrogens with one attached hydrogen (secondary N) is 1. The highest BCUT2D eigenvalue weighted by Crippen LogP contribution is 2.24. The number of hydrogen-bond donors (Lipinski definition) is 2. The zero-order chi connectivity index (χ0) is 9.84. The van der Waals surface area contributed by atoms with Gasteiger partial charge in [-0.2, -0.15) is 0 Å². The zero-order valence-electron chi connectivity index (χ0n) is 6.68. The Kier molecular flexibility index (Phi) is 3.54. The molecule has 3 N–H and O–H groups in total. The minimum atomic E-state index is -0.324. The standard InChI is InChI=1S/C8H8Cl2N2O/c9-6-2-1-3-7(10)5(6)4-8(13)12-11/h1-3H,4,11H2,(H,12,13). The Balaban J connectivity index is 2.93. The molecule has 3 nitrogen and oxygen atoms in total. The van der Waals surface area contributed by atoms with E-state index in [-0.39, 0.29) is 12.3 Å². The van der Waals surface area contributed by atoms with E-state index in [0.717, 1.165) is 0 Å². The van der Waals surface area contributed by atoms with Crippen molar-refractivity contribution in [3.8, 4) is 0 Å². The molecule has 0 unspecified atom stereocenters. The van der Waals surface area contributed by atoms with Crippen LogP contribution in [0, 0.1) is 0 Å². The molecule has 1 rings (SSSR count). The number of rotatable bonds is 2. The van der Waals surface area contributed by atoms with Gasteiger partial charge in [-0.15, -0.1) is 0 Å². The van der Waals surface area contributed by atoms with Crippen molar-refractivity contribution >= 4 is 29.1 Å². The minimum Gasteiger partial charge on any atom is -0.294 e. The van der Waals surface area contributed by atoms with Gasteiger partial charge >= 0.3 is 0 Å². The number of carbonyl (C=O) groups excluding carboxylic acids is 1. The zero-order valence-corrected chi connectivity index (χ0v) is 8.19. The molecule has 0 fully saturated rings. The van der Waals surface area contributed by atoms with Gasteiger partial charge in [0.15, 0.2) is 0 Å². The molecule has 13 heavy (non-hydrogen) atoms. The summed E-state index contributed by atoms with van der Waals surface area (Å²) < 4.78 is 0. The van der Waals surface area contributed by atoms with E-state index in [4.69, 9.17) is 29.0 Å². The fourth-order valence-corrected chi connectivity index (χ4v) is 1.44. The number of nitrogens with two attached hydrogens (primary N) is 1. The van der Waals surface area contributed by atoms with Crippen molar-refractivity contribution in [2.75, 3.05) is 0 Å². The first kappa shape index (κ1) is 10.3. The fourth-order valence-electron chi connectivity index (χ4n) is 0.913. The molecule has 1 aromatic rings. The third-order valence-corrected chi connectivity index (χ3v) is 2.27. The monoisotopic (exact) mass is 218 g/mol. The summed E-state index contributed by atoms with van der Waals surface area (Å²) in [6.45, 7) is 0. The van der Waals surface area contributed by atoms with Gasteiger partial charge in [0.2, 0.25) is 5.91 Å². The molecule has 0 atom stereocenters. The predicted molar refractivity (Wildman–Crippen MR) is 52.5 cm³/mol. The molecule has 0 aliphatic rings. The maximum absolute atomic E-state index is 10.9. The highest BCUT2D eigenvalue weighted by Gasteiger charge is 2.08. The van der Waals surface area contributed by atoms with Gasteiger partial charge in [0.25, 0.3) is 0 Å². The summed E-state index contributed by atoms with van der Waals surface area (Å²) in [4.78, 5) is 10.9. The molecular formula is C8H8Cl2N2O. The third-order valence-electron chi connectivity index (χ3n) is 1.56. The van der Waals surface area contributed by atoms with Crippen molar-refractivity contribution in [3.05, 3.63) is 33.8 Å². The summed E-state index contributed by atoms with van der Waals surface area (Å²) >= 11 is 11.7. The molecule has 70 valence electrons. The first-order chi connectivity index (χ1) is 6.15. The number of carbonyl (C=O) groups is 1. The van der Waals surface area contributed by atoms with Crippen LogP contribution in [0.1, 0.15) is 5.56 Å². The number of amides is 1. The van der Waals surface area contributed by atoms with E-state index in [2.05, 4.69) is 0 Å². The summed E-state index contributed by atoms with van der Waals surface area (Å²) in [6, 6.07) is 5.06. The molecule has 0 bridgehead atoms. The van der Waals surface area contributed by atoms with Gasteiger partial charge in [-0.25, -0.2) is 5.84 Å². The maximum atomic E-state index is 10.9. The summed E-state index contributed by atoms with van der Waals surface area (Å²) in [5.74, 6) is 4.61. The second kappa shape index (κ2) is 4.46. The molecule has 5 heteroatoms. The number of halogens is 2. The Morgan fingerprint density at radius 1 is 1.38 bits per heavy atom. The summed E-state index contributed by atoms with van der Waals surface area (Å²) in [5.41, 5.74) is 2.60. The number of benzene rings is 1. The molecule has 0 aliphatic heterocycles. The van der Waals surface area contributed by atoms with Gasteiger partial charge in [-0.3, -0.25) is 10.2 Å². The second-order valence-electron chi connectivity index (χ2n) is 2.44. The lowest BCUT2D eigenvalue weighted by molar-refractivity contribution is -0.120. The van der Waals surface area contributed by atoms with Gasteiger partial charge in [-0.1, -0.05) is 29.3 Å². The van der Waals surface area contributed by atoms with Crippen molar-refractivity contribution < 1.29 is 4.79 Å². The Hall–Kier alpha value is -0.770. The van der Waals surface area contributed by atoms with Crippen LogP contribution in [-0.4, -0.2) is 5.91 Å². The van der Waals surface area contributed by atoms with Gasteiger partial charge in [0, 0.05) is 10.0 Å². The fraction of sp³-hybridized carbons (Fsp3) is 0.125. The predicted octanol–water partition coefficient (Wildman–Crippen LogP) is 1.53. The molecular weight excluding hydrogens is 211 g/mol. The van der Waals surface area contributed by atoms with E-state index in [1.54, 1.807) is 18.2 Å². The molecule has 0 aliphatic carbocycles. The molecule has 0 saturated carbocycles. The first-order valence-electron chi connectivity index (χ1n) is 3.57. The van der Waals surface area contributed by atoms with Crippen LogP contribution in [0.2, 0.25) is 10.0 Å². The van der Waals surface area contributed by atoms with Crippen LogP contribution in [0.4, 0.5) is 0 Å². The average Bonchev–Trinajstić information content (AvgIpc) is 2.11. The minimum absolute atomic E-state index is 0.0923. The summed E-state index contributed by atoms with van der Waals surface area (Å²) in [7, 11) is 0. The Morgan fingerprint density at radius 2 is 1.92 bits per heavy atom. The summed E-state index contributed by atoms with van der Waals surface area (Å²) in [5, 5.41) is 0.937. The largest absolute Gasteiger partial charge is 0.294 e. The van der Waals surface area contributed by atoms with Crippen LogP contribution in [0.5, 0.6) is 0 Å². The van der Waals surface area contributed by atoms with Crippen LogP contribution in [0.25, 0.3) is 0 Å². The van der Waals surface area contributed by atoms with E-state index in [9.17, 15) is 4.79 Å². The van der Waals surface area contributed by atoms with Crippen molar-refractivity contribution in [1.29, 1.82) is 0 Å². The maximum Gasteiger partial charge on any atom is 0.238 e. The van der Waals surface area contributed by atoms with Crippen molar-refractivity contribution in [3.63, 3.8) is 0 Å². The van der Waals surface area contributed by atoms with E-state index in [0.29, 0.717) is 15.6 Å². The van der Waals surface area contributed by atoms with Gasteiger partial charge in [0.1, 0.15) is 0 Å². The highest BCUT2D eigenvalue weighted by molar-refractivity contribution is 6.36.